The lowest BCUT2D eigenvalue weighted by Crippen LogP contribution is -2.25. The molecule has 2 nitrogen and oxygen atoms in total. The Hall–Kier alpha value is -0.300. The fraction of sp³-hybridized carbons (Fsp3) is 0.455. The Kier molecular flexibility index (Phi) is 4.21. The van der Waals surface area contributed by atoms with Gasteiger partial charge in [0.2, 0.25) is 0 Å². The average Bonchev–Trinajstić information content (AvgIpc) is 3.05. The van der Waals surface area contributed by atoms with Gasteiger partial charge in [-0.25, -0.2) is 0 Å². The summed E-state index contributed by atoms with van der Waals surface area (Å²) in [6.45, 7) is 0.379. The van der Waals surface area contributed by atoms with Gasteiger partial charge in [-0.1, -0.05) is 17.7 Å². The van der Waals surface area contributed by atoms with E-state index in [-0.39, 0.29) is 23.3 Å². The van der Waals surface area contributed by atoms with E-state index in [4.69, 9.17) is 21.1 Å². The first-order valence-corrected chi connectivity index (χ1v) is 6.30. The quantitative estimate of drug-likeness (QED) is 0.766. The molecule has 0 radical (unpaired) electrons. The molecule has 0 spiro atoms. The minimum Gasteiger partial charge on any atom is -0.371 e. The maximum atomic E-state index is 12.9. The van der Waals surface area contributed by atoms with Crippen molar-refractivity contribution in [3.8, 4) is 0 Å². The summed E-state index contributed by atoms with van der Waals surface area (Å²) < 4.78 is 48.9. The van der Waals surface area contributed by atoms with E-state index < -0.39 is 12.3 Å². The van der Waals surface area contributed by atoms with Crippen molar-refractivity contribution in [2.75, 3.05) is 13.2 Å². The van der Waals surface area contributed by atoms with Gasteiger partial charge >= 0.3 is 6.18 Å². The van der Waals surface area contributed by atoms with Crippen LogP contribution in [0.1, 0.15) is 11.7 Å². The molecule has 0 amide bonds. The summed E-state index contributed by atoms with van der Waals surface area (Å²) in [5.74, 6) is 0. The van der Waals surface area contributed by atoms with E-state index in [1.165, 1.54) is 18.2 Å². The molecule has 1 aliphatic rings. The summed E-state index contributed by atoms with van der Waals surface area (Å²) in [5, 5.41) is 0.216. The largest absolute Gasteiger partial charge is 0.418 e. The molecule has 1 aromatic rings. The molecule has 7 heteroatoms. The van der Waals surface area contributed by atoms with Crippen LogP contribution in [0.2, 0.25) is 5.02 Å². The molecule has 0 aromatic heterocycles. The van der Waals surface area contributed by atoms with Crippen molar-refractivity contribution >= 4 is 27.5 Å². The lowest BCUT2D eigenvalue weighted by atomic mass is 10.1. The fourth-order valence-corrected chi connectivity index (χ4v) is 1.86. The molecule has 0 saturated carbocycles. The van der Waals surface area contributed by atoms with Crippen molar-refractivity contribution in [1.29, 1.82) is 0 Å². The van der Waals surface area contributed by atoms with Crippen LogP contribution in [0.15, 0.2) is 22.7 Å². The van der Waals surface area contributed by atoms with Gasteiger partial charge in [-0.15, -0.1) is 0 Å². The first kappa shape index (κ1) is 14.1. The first-order valence-electron chi connectivity index (χ1n) is 5.13. The van der Waals surface area contributed by atoms with Gasteiger partial charge < -0.3 is 9.47 Å². The highest BCUT2D eigenvalue weighted by Gasteiger charge is 2.43. The molecule has 0 bridgehead atoms. The third-order valence-electron chi connectivity index (χ3n) is 2.39. The number of hydrogen-bond acceptors (Lipinski definition) is 2. The lowest BCUT2D eigenvalue weighted by molar-refractivity contribution is -0.224. The molecule has 0 unspecified atom stereocenters. The summed E-state index contributed by atoms with van der Waals surface area (Å²) in [5.41, 5.74) is -0.0173. The molecule has 1 saturated heterocycles. The molecule has 1 aliphatic heterocycles. The van der Waals surface area contributed by atoms with Gasteiger partial charge in [0, 0.05) is 4.47 Å². The lowest BCUT2D eigenvalue weighted by Gasteiger charge is -2.21. The van der Waals surface area contributed by atoms with Crippen molar-refractivity contribution in [3.63, 3.8) is 0 Å². The molecule has 0 aliphatic carbocycles. The van der Waals surface area contributed by atoms with Gasteiger partial charge in [0.1, 0.15) is 6.10 Å². The van der Waals surface area contributed by atoms with E-state index in [0.29, 0.717) is 11.1 Å². The van der Waals surface area contributed by atoms with Crippen LogP contribution in [-0.2, 0) is 9.47 Å². The highest BCUT2D eigenvalue weighted by molar-refractivity contribution is 9.10. The predicted molar refractivity (Wildman–Crippen MR) is 63.6 cm³/mol. The smallest absolute Gasteiger partial charge is 0.371 e. The Morgan fingerprint density at radius 3 is 2.67 bits per heavy atom. The normalized spacial score (nSPS) is 20.8. The van der Waals surface area contributed by atoms with Crippen LogP contribution >= 0.6 is 27.5 Å². The van der Waals surface area contributed by atoms with Gasteiger partial charge in [0.25, 0.3) is 0 Å². The molecule has 1 heterocycles. The van der Waals surface area contributed by atoms with Crippen molar-refractivity contribution in [2.45, 2.75) is 18.4 Å². The zero-order valence-electron chi connectivity index (χ0n) is 9.01. The Bertz CT molecular complexity index is 435. The second-order valence-electron chi connectivity index (χ2n) is 3.88. The van der Waals surface area contributed by atoms with Gasteiger partial charge in [-0.3, -0.25) is 0 Å². The monoisotopic (exact) mass is 344 g/mol. The molecule has 100 valence electrons. The predicted octanol–water partition coefficient (Wildman–Crippen LogP) is 4.12. The molecule has 18 heavy (non-hydrogen) atoms. The molecular formula is C11H9BrClF3O2. The van der Waals surface area contributed by atoms with Gasteiger partial charge in [-0.05, 0) is 33.6 Å². The summed E-state index contributed by atoms with van der Waals surface area (Å²) in [6.07, 6.45) is -6.68. The first-order chi connectivity index (χ1) is 8.38. The van der Waals surface area contributed by atoms with E-state index in [9.17, 15) is 13.2 Å². The molecule has 0 N–H and O–H groups in total. The molecule has 2 rings (SSSR count). The van der Waals surface area contributed by atoms with Crippen molar-refractivity contribution in [2.24, 2.45) is 0 Å². The van der Waals surface area contributed by atoms with Gasteiger partial charge in [0.15, 0.2) is 6.10 Å². The van der Waals surface area contributed by atoms with Crippen LogP contribution in [0.4, 0.5) is 13.2 Å². The van der Waals surface area contributed by atoms with Crippen molar-refractivity contribution in [3.05, 3.63) is 33.3 Å². The third kappa shape index (κ3) is 3.60. The van der Waals surface area contributed by atoms with Crippen molar-refractivity contribution in [1.82, 2.24) is 0 Å². The van der Waals surface area contributed by atoms with Gasteiger partial charge in [0.05, 0.1) is 18.2 Å². The minimum atomic E-state index is -4.48. The zero-order chi connectivity index (χ0) is 13.3. The van der Waals surface area contributed by atoms with Gasteiger partial charge in [-0.2, -0.15) is 13.2 Å². The Balaban J connectivity index is 2.17. The number of halogens is 5. The summed E-state index contributed by atoms with van der Waals surface area (Å²) in [7, 11) is 0. The van der Waals surface area contributed by atoms with Crippen LogP contribution in [0, 0.1) is 0 Å². The highest BCUT2D eigenvalue weighted by Crippen LogP contribution is 2.38. The summed E-state index contributed by atoms with van der Waals surface area (Å²) in [4.78, 5) is 0. The number of ether oxygens (including phenoxy) is 2. The Morgan fingerprint density at radius 1 is 1.50 bits per heavy atom. The SMILES string of the molecule is FC(F)(F)[C@H](OC[C@@H]1CO1)c1ccc(Br)c(Cl)c1. The highest BCUT2D eigenvalue weighted by atomic mass is 79.9. The number of benzene rings is 1. The second kappa shape index (κ2) is 5.36. The summed E-state index contributed by atoms with van der Waals surface area (Å²) in [6, 6.07) is 4.05. The maximum Gasteiger partial charge on any atom is 0.418 e. The van der Waals surface area contributed by atoms with E-state index in [1.807, 2.05) is 0 Å². The molecule has 1 aromatic carbocycles. The third-order valence-corrected chi connectivity index (χ3v) is 3.63. The number of rotatable bonds is 4. The molecule has 1 fully saturated rings. The van der Waals surface area contributed by atoms with Crippen LogP contribution in [-0.4, -0.2) is 25.5 Å². The standard InChI is InChI=1S/C11H9BrClF3O2/c12-8-2-1-6(3-9(8)13)10(11(14,15)16)18-5-7-4-17-7/h1-3,7,10H,4-5H2/t7-,10+/m0/s1. The second-order valence-corrected chi connectivity index (χ2v) is 5.15. The number of hydrogen-bond donors (Lipinski definition) is 0. The number of epoxide rings is 1. The minimum absolute atomic E-state index is 0.0173. The molecular weight excluding hydrogens is 336 g/mol. The van der Waals surface area contributed by atoms with Crippen LogP contribution in [0.5, 0.6) is 0 Å². The van der Waals surface area contributed by atoms with E-state index in [2.05, 4.69) is 15.9 Å². The van der Waals surface area contributed by atoms with Crippen LogP contribution in [0.25, 0.3) is 0 Å². The van der Waals surface area contributed by atoms with Crippen LogP contribution in [0.3, 0.4) is 0 Å². The van der Waals surface area contributed by atoms with E-state index >= 15 is 0 Å². The number of alkyl halides is 3. The van der Waals surface area contributed by atoms with E-state index in [0.717, 1.165) is 0 Å². The van der Waals surface area contributed by atoms with E-state index in [1.54, 1.807) is 0 Å². The molecule has 2 atom stereocenters. The van der Waals surface area contributed by atoms with Crippen LogP contribution < -0.4 is 0 Å². The zero-order valence-corrected chi connectivity index (χ0v) is 11.3. The average molecular weight is 346 g/mol. The Morgan fingerprint density at radius 2 is 2.17 bits per heavy atom. The topological polar surface area (TPSA) is 21.8 Å². The maximum absolute atomic E-state index is 12.9. The van der Waals surface area contributed by atoms with Crippen molar-refractivity contribution < 1.29 is 22.6 Å². The fourth-order valence-electron chi connectivity index (χ4n) is 1.42. The summed E-state index contributed by atoms with van der Waals surface area (Å²) >= 11 is 8.92. The Labute approximate surface area is 115 Å².